The first-order chi connectivity index (χ1) is 14.8. The second kappa shape index (κ2) is 8.52. The van der Waals surface area contributed by atoms with Gasteiger partial charge in [0.1, 0.15) is 6.04 Å². The van der Waals surface area contributed by atoms with Gasteiger partial charge >= 0.3 is 12.1 Å². The molecule has 31 heavy (non-hydrogen) atoms. The third-order valence-electron chi connectivity index (χ3n) is 5.77. The van der Waals surface area contributed by atoms with Crippen LogP contribution in [-0.4, -0.2) is 18.6 Å². The molecule has 1 heterocycles. The molecule has 1 aliphatic heterocycles. The number of allylic oxidation sites excluding steroid dienone is 2. The molecule has 0 spiro atoms. The van der Waals surface area contributed by atoms with Crippen molar-refractivity contribution in [2.45, 2.75) is 31.1 Å². The predicted molar refractivity (Wildman–Crippen MR) is 113 cm³/mol. The fourth-order valence-electron chi connectivity index (χ4n) is 4.38. The van der Waals surface area contributed by atoms with Gasteiger partial charge in [-0.15, -0.1) is 0 Å². The van der Waals surface area contributed by atoms with Crippen molar-refractivity contribution in [2.24, 2.45) is 5.92 Å². The summed E-state index contributed by atoms with van der Waals surface area (Å²) in [5, 5.41) is 3.96. The molecule has 1 aliphatic carbocycles. The van der Waals surface area contributed by atoms with E-state index in [1.54, 1.807) is 19.1 Å². The summed E-state index contributed by atoms with van der Waals surface area (Å²) in [6.45, 7) is 1.97. The number of benzene rings is 2. The molecule has 7 heteroatoms. The molecule has 0 amide bonds. The predicted octanol–water partition coefficient (Wildman–Crippen LogP) is 5.83. The number of carbonyl (C=O) groups excluding carboxylic acids is 1. The molecule has 0 unspecified atom stereocenters. The van der Waals surface area contributed by atoms with Crippen molar-refractivity contribution in [1.82, 2.24) is 5.32 Å². The fourth-order valence-corrected chi connectivity index (χ4v) is 4.51. The van der Waals surface area contributed by atoms with Gasteiger partial charge in [-0.05, 0) is 42.3 Å². The molecule has 162 valence electrons. The highest BCUT2D eigenvalue weighted by molar-refractivity contribution is 6.30. The first kappa shape index (κ1) is 21.7. The van der Waals surface area contributed by atoms with Gasteiger partial charge in [-0.3, -0.25) is 10.1 Å². The molecule has 1 N–H and O–H groups in total. The van der Waals surface area contributed by atoms with E-state index in [1.807, 2.05) is 30.4 Å². The molecule has 3 nitrogen and oxygen atoms in total. The minimum Gasteiger partial charge on any atom is -0.465 e. The summed E-state index contributed by atoms with van der Waals surface area (Å²) >= 11 is 6.04. The van der Waals surface area contributed by atoms with E-state index in [2.05, 4.69) is 5.32 Å². The van der Waals surface area contributed by atoms with Crippen LogP contribution in [0.25, 0.3) is 0 Å². The third kappa shape index (κ3) is 4.27. The molecule has 0 bridgehead atoms. The average molecular weight is 448 g/mol. The maximum atomic E-state index is 13.0. The van der Waals surface area contributed by atoms with E-state index in [1.165, 1.54) is 12.1 Å². The lowest BCUT2D eigenvalue weighted by atomic mass is 9.72. The van der Waals surface area contributed by atoms with E-state index in [0.29, 0.717) is 10.6 Å². The Morgan fingerprint density at radius 3 is 2.32 bits per heavy atom. The second-order valence-electron chi connectivity index (χ2n) is 7.60. The van der Waals surface area contributed by atoms with Crippen LogP contribution in [0.4, 0.5) is 13.2 Å². The standard InChI is InChI=1S/C24H21ClF3NO2/c1-2-31-23(30)22-20(14-8-12-17(25)13-9-14)18-4-3-5-19(18)21(29-22)15-6-10-16(11-7-15)24(26,27)28/h3-13,19-22,29H,2H2,1H3/t19-,20+,21+,22+/m0/s1. The van der Waals surface area contributed by atoms with Gasteiger partial charge < -0.3 is 4.74 Å². The topological polar surface area (TPSA) is 38.3 Å². The number of piperidine rings is 1. The highest BCUT2D eigenvalue weighted by Crippen LogP contribution is 2.47. The number of rotatable bonds is 4. The summed E-state index contributed by atoms with van der Waals surface area (Å²) in [7, 11) is 0. The molecule has 2 aromatic rings. The quantitative estimate of drug-likeness (QED) is 0.599. The maximum Gasteiger partial charge on any atom is 0.416 e. The molecule has 0 saturated carbocycles. The smallest absolute Gasteiger partial charge is 0.416 e. The van der Waals surface area contributed by atoms with Crippen LogP contribution < -0.4 is 5.32 Å². The van der Waals surface area contributed by atoms with Gasteiger partial charge in [0.2, 0.25) is 0 Å². The van der Waals surface area contributed by atoms with E-state index < -0.39 is 23.8 Å². The minimum atomic E-state index is -4.40. The Bertz CT molecular complexity index is 1010. The number of alkyl halides is 3. The van der Waals surface area contributed by atoms with Crippen LogP contribution in [-0.2, 0) is 15.7 Å². The number of halogens is 4. The van der Waals surface area contributed by atoms with Gasteiger partial charge in [0, 0.05) is 22.9 Å². The van der Waals surface area contributed by atoms with Crippen LogP contribution in [0.3, 0.4) is 0 Å². The fraction of sp³-hybridized carbons (Fsp3) is 0.292. The van der Waals surface area contributed by atoms with Crippen molar-refractivity contribution in [3.63, 3.8) is 0 Å². The molecule has 1 fully saturated rings. The first-order valence-electron chi connectivity index (χ1n) is 10.0. The zero-order valence-electron chi connectivity index (χ0n) is 16.7. The van der Waals surface area contributed by atoms with Gasteiger partial charge in [0.15, 0.2) is 0 Å². The summed E-state index contributed by atoms with van der Waals surface area (Å²) in [4.78, 5) is 12.9. The van der Waals surface area contributed by atoms with Crippen LogP contribution in [0.1, 0.15) is 35.6 Å². The highest BCUT2D eigenvalue weighted by atomic mass is 35.5. The van der Waals surface area contributed by atoms with Gasteiger partial charge in [0.25, 0.3) is 0 Å². The average Bonchev–Trinajstić information content (AvgIpc) is 3.23. The molecule has 2 aliphatic rings. The van der Waals surface area contributed by atoms with Crippen molar-refractivity contribution in [3.05, 3.63) is 94.0 Å². The van der Waals surface area contributed by atoms with Crippen LogP contribution >= 0.6 is 11.6 Å². The number of hydrogen-bond donors (Lipinski definition) is 1. The molecule has 4 atom stereocenters. The second-order valence-corrected chi connectivity index (χ2v) is 8.04. The van der Waals surface area contributed by atoms with Crippen LogP contribution in [0.15, 0.2) is 72.3 Å². The van der Waals surface area contributed by atoms with Crippen molar-refractivity contribution in [3.8, 4) is 0 Å². The normalized spacial score (nSPS) is 25.1. The van der Waals surface area contributed by atoms with E-state index in [-0.39, 0.29) is 24.5 Å². The Labute approximate surface area is 183 Å². The van der Waals surface area contributed by atoms with Crippen LogP contribution in [0.5, 0.6) is 0 Å². The molecule has 2 aromatic carbocycles. The van der Waals surface area contributed by atoms with Crippen LogP contribution in [0, 0.1) is 5.92 Å². The summed E-state index contributed by atoms with van der Waals surface area (Å²) in [6, 6.07) is 11.4. The number of carbonyl (C=O) groups is 1. The van der Waals surface area contributed by atoms with E-state index in [4.69, 9.17) is 16.3 Å². The zero-order valence-corrected chi connectivity index (χ0v) is 17.5. The Balaban J connectivity index is 1.72. The summed E-state index contributed by atoms with van der Waals surface area (Å²) in [5.41, 5.74) is 1.91. The Morgan fingerprint density at radius 2 is 1.71 bits per heavy atom. The number of fused-ring (bicyclic) bond motifs is 1. The first-order valence-corrected chi connectivity index (χ1v) is 10.4. The van der Waals surface area contributed by atoms with E-state index >= 15 is 0 Å². The van der Waals surface area contributed by atoms with E-state index in [9.17, 15) is 18.0 Å². The third-order valence-corrected chi connectivity index (χ3v) is 6.02. The van der Waals surface area contributed by atoms with Gasteiger partial charge in [-0.1, -0.05) is 59.7 Å². The molecule has 4 rings (SSSR count). The maximum absolute atomic E-state index is 13.0. The highest BCUT2D eigenvalue weighted by Gasteiger charge is 2.45. The number of esters is 1. The van der Waals surface area contributed by atoms with Gasteiger partial charge in [-0.25, -0.2) is 0 Å². The van der Waals surface area contributed by atoms with Crippen molar-refractivity contribution in [2.75, 3.05) is 6.61 Å². The summed E-state index contributed by atoms with van der Waals surface area (Å²) < 4.78 is 44.3. The zero-order chi connectivity index (χ0) is 22.2. The molecule has 0 aromatic heterocycles. The van der Waals surface area contributed by atoms with Crippen molar-refractivity contribution < 1.29 is 22.7 Å². The number of nitrogens with one attached hydrogen (secondary N) is 1. The Kier molecular flexibility index (Phi) is 5.95. The molecular formula is C24H21ClF3NO2. The van der Waals surface area contributed by atoms with Crippen LogP contribution in [0.2, 0.25) is 5.02 Å². The van der Waals surface area contributed by atoms with Crippen molar-refractivity contribution in [1.29, 1.82) is 0 Å². The minimum absolute atomic E-state index is 0.0944. The number of hydrogen-bond acceptors (Lipinski definition) is 3. The number of ether oxygens (including phenoxy) is 1. The summed E-state index contributed by atoms with van der Waals surface area (Å²) in [6.07, 6.45) is 1.52. The van der Waals surface area contributed by atoms with E-state index in [0.717, 1.165) is 23.3 Å². The van der Waals surface area contributed by atoms with Gasteiger partial charge in [-0.2, -0.15) is 13.2 Å². The largest absolute Gasteiger partial charge is 0.465 e. The molecule has 1 saturated heterocycles. The molecule has 0 radical (unpaired) electrons. The Morgan fingerprint density at radius 1 is 1.06 bits per heavy atom. The lowest BCUT2D eigenvalue weighted by molar-refractivity contribution is -0.147. The Hall–Kier alpha value is -2.57. The SMILES string of the molecule is CCOC(=O)[C@@H]1N[C@H](c2ccc(C(F)(F)F)cc2)[C@H]2C=CC=C2[C@H]1c1ccc(Cl)cc1. The monoisotopic (exact) mass is 447 g/mol. The molecular weight excluding hydrogens is 427 g/mol. The van der Waals surface area contributed by atoms with Crippen molar-refractivity contribution >= 4 is 17.6 Å². The van der Waals surface area contributed by atoms with Gasteiger partial charge in [0.05, 0.1) is 12.2 Å². The summed E-state index contributed by atoms with van der Waals surface area (Å²) in [5.74, 6) is -0.768. The lowest BCUT2D eigenvalue weighted by Crippen LogP contribution is -2.51. The lowest BCUT2D eigenvalue weighted by Gasteiger charge is -2.42.